The molecule has 1 aliphatic heterocycles. The van der Waals surface area contributed by atoms with Crippen molar-refractivity contribution in [2.45, 2.75) is 50.4 Å². The van der Waals surface area contributed by atoms with Crippen LogP contribution in [0.1, 0.15) is 37.7 Å². The molecule has 2 unspecified atom stereocenters. The number of aliphatic hydroxyl groups is 1. The van der Waals surface area contributed by atoms with Gasteiger partial charge in [-0.25, -0.2) is 0 Å². The van der Waals surface area contributed by atoms with Gasteiger partial charge in [-0.2, -0.15) is 0 Å². The van der Waals surface area contributed by atoms with Crippen molar-refractivity contribution in [1.82, 2.24) is 0 Å². The minimum absolute atomic E-state index is 0.209. The Balaban J connectivity index is 1.75. The van der Waals surface area contributed by atoms with Crippen LogP contribution in [0, 0.1) is 0 Å². The summed E-state index contributed by atoms with van der Waals surface area (Å²) in [4.78, 5) is 16.2. The highest BCUT2D eigenvalue weighted by atomic mass is 16.7. The maximum Gasteiger partial charge on any atom is 0.250 e. The smallest absolute Gasteiger partial charge is 0.250 e. The standard InChI is InChI=1S/C17H22N2O5/c1-22-13-7-6-10(8-14(13)23-11-4-2-3-5-11)12-9-15(24-19-12)16(20)17(18)21/h6-8,11,15-16,20H,2-5,9H2,1H3,(H2,18,21). The van der Waals surface area contributed by atoms with Gasteiger partial charge in [-0.15, -0.1) is 0 Å². The number of primary amides is 1. The first-order chi connectivity index (χ1) is 11.6. The second-order valence-electron chi connectivity index (χ2n) is 6.12. The van der Waals surface area contributed by atoms with Gasteiger partial charge < -0.3 is 25.2 Å². The van der Waals surface area contributed by atoms with E-state index in [0.29, 0.717) is 23.6 Å². The van der Waals surface area contributed by atoms with Gasteiger partial charge in [-0.05, 0) is 43.9 Å². The van der Waals surface area contributed by atoms with Crippen molar-refractivity contribution in [2.75, 3.05) is 7.11 Å². The van der Waals surface area contributed by atoms with Gasteiger partial charge in [0.15, 0.2) is 23.7 Å². The Morgan fingerprint density at radius 1 is 1.38 bits per heavy atom. The average molecular weight is 334 g/mol. The molecule has 1 aliphatic carbocycles. The molecular formula is C17H22N2O5. The molecule has 1 heterocycles. The highest BCUT2D eigenvalue weighted by molar-refractivity contribution is 6.02. The van der Waals surface area contributed by atoms with Crippen molar-refractivity contribution < 1.29 is 24.2 Å². The molecule has 0 spiro atoms. The van der Waals surface area contributed by atoms with E-state index in [0.717, 1.165) is 18.4 Å². The molecule has 2 atom stereocenters. The Morgan fingerprint density at radius 3 is 2.79 bits per heavy atom. The van der Waals surface area contributed by atoms with Gasteiger partial charge in [0, 0.05) is 12.0 Å². The maximum atomic E-state index is 11.1. The van der Waals surface area contributed by atoms with Crippen LogP contribution < -0.4 is 15.2 Å². The Labute approximate surface area is 140 Å². The Hall–Kier alpha value is -2.28. The van der Waals surface area contributed by atoms with E-state index in [2.05, 4.69) is 5.16 Å². The Kier molecular flexibility index (Phi) is 4.89. The summed E-state index contributed by atoms with van der Waals surface area (Å²) < 4.78 is 11.4. The zero-order valence-electron chi connectivity index (χ0n) is 13.6. The third kappa shape index (κ3) is 3.46. The fraction of sp³-hybridized carbons (Fsp3) is 0.529. The first kappa shape index (κ1) is 16.6. The van der Waals surface area contributed by atoms with Crippen LogP contribution in [0.4, 0.5) is 0 Å². The molecule has 130 valence electrons. The second kappa shape index (κ2) is 7.09. The summed E-state index contributed by atoms with van der Waals surface area (Å²) >= 11 is 0. The van der Waals surface area contributed by atoms with Crippen LogP contribution in [0.5, 0.6) is 11.5 Å². The molecule has 1 amide bonds. The van der Waals surface area contributed by atoms with Crippen molar-refractivity contribution in [1.29, 1.82) is 0 Å². The molecule has 2 aliphatic rings. The number of rotatable bonds is 6. The molecule has 7 nitrogen and oxygen atoms in total. The van der Waals surface area contributed by atoms with Gasteiger partial charge in [0.2, 0.25) is 5.91 Å². The molecule has 1 saturated carbocycles. The summed E-state index contributed by atoms with van der Waals surface area (Å²) in [6.07, 6.45) is 2.84. The zero-order valence-corrected chi connectivity index (χ0v) is 13.6. The number of nitrogens with zero attached hydrogens (tertiary/aromatic N) is 1. The molecule has 0 radical (unpaired) electrons. The number of methoxy groups -OCH3 is 1. The zero-order chi connectivity index (χ0) is 17.1. The lowest BCUT2D eigenvalue weighted by Gasteiger charge is -2.17. The van der Waals surface area contributed by atoms with Crippen molar-refractivity contribution in [3.8, 4) is 11.5 Å². The van der Waals surface area contributed by atoms with E-state index in [1.165, 1.54) is 12.8 Å². The number of carbonyl (C=O) groups is 1. The highest BCUT2D eigenvalue weighted by Gasteiger charge is 2.32. The second-order valence-corrected chi connectivity index (χ2v) is 6.12. The van der Waals surface area contributed by atoms with Gasteiger partial charge in [-0.1, -0.05) is 5.16 Å². The molecule has 1 fully saturated rings. The van der Waals surface area contributed by atoms with Crippen molar-refractivity contribution in [3.05, 3.63) is 23.8 Å². The fourth-order valence-corrected chi connectivity index (χ4v) is 3.05. The van der Waals surface area contributed by atoms with Crippen LogP contribution >= 0.6 is 0 Å². The van der Waals surface area contributed by atoms with Gasteiger partial charge in [0.05, 0.1) is 18.9 Å². The molecule has 24 heavy (non-hydrogen) atoms. The molecule has 1 aromatic carbocycles. The first-order valence-corrected chi connectivity index (χ1v) is 8.13. The lowest BCUT2D eigenvalue weighted by atomic mass is 10.0. The van der Waals surface area contributed by atoms with Gasteiger partial charge in [-0.3, -0.25) is 4.79 Å². The van der Waals surface area contributed by atoms with Crippen LogP contribution in [0.3, 0.4) is 0 Å². The summed E-state index contributed by atoms with van der Waals surface area (Å²) in [6.45, 7) is 0. The molecule has 3 rings (SSSR count). The Bertz CT molecular complexity index is 640. The molecule has 7 heteroatoms. The number of amides is 1. The van der Waals surface area contributed by atoms with Crippen LogP contribution in [-0.4, -0.2) is 42.1 Å². The summed E-state index contributed by atoms with van der Waals surface area (Å²) in [5.74, 6) is 0.513. The molecule has 0 aromatic heterocycles. The molecule has 1 aromatic rings. The number of nitrogens with two attached hydrogens (primary N) is 1. The van der Waals surface area contributed by atoms with E-state index in [1.807, 2.05) is 18.2 Å². The third-order valence-corrected chi connectivity index (χ3v) is 4.43. The van der Waals surface area contributed by atoms with Gasteiger partial charge in [0.1, 0.15) is 0 Å². The Morgan fingerprint density at radius 2 is 2.12 bits per heavy atom. The van der Waals surface area contributed by atoms with E-state index in [1.54, 1.807) is 7.11 Å². The fourth-order valence-electron chi connectivity index (χ4n) is 3.05. The summed E-state index contributed by atoms with van der Waals surface area (Å²) in [7, 11) is 1.60. The van der Waals surface area contributed by atoms with E-state index >= 15 is 0 Å². The van der Waals surface area contributed by atoms with E-state index in [-0.39, 0.29) is 6.10 Å². The predicted molar refractivity (Wildman–Crippen MR) is 87.1 cm³/mol. The molecular weight excluding hydrogens is 312 g/mol. The summed E-state index contributed by atoms with van der Waals surface area (Å²) in [5.41, 5.74) is 6.54. The van der Waals surface area contributed by atoms with E-state index in [4.69, 9.17) is 20.0 Å². The van der Waals surface area contributed by atoms with Crippen LogP contribution in [-0.2, 0) is 9.63 Å². The number of hydrogen-bond acceptors (Lipinski definition) is 6. The lowest BCUT2D eigenvalue weighted by molar-refractivity contribution is -0.133. The van der Waals surface area contributed by atoms with Gasteiger partial charge in [0.25, 0.3) is 0 Å². The lowest BCUT2D eigenvalue weighted by Crippen LogP contribution is -2.38. The topological polar surface area (TPSA) is 103 Å². The van der Waals surface area contributed by atoms with E-state index < -0.39 is 18.1 Å². The van der Waals surface area contributed by atoms with Gasteiger partial charge >= 0.3 is 0 Å². The number of benzene rings is 1. The minimum atomic E-state index is -1.38. The normalized spacial score (nSPS) is 21.9. The molecule has 0 saturated heterocycles. The number of carbonyl (C=O) groups excluding carboxylic acids is 1. The molecule has 3 N–H and O–H groups in total. The monoisotopic (exact) mass is 334 g/mol. The van der Waals surface area contributed by atoms with E-state index in [9.17, 15) is 9.90 Å². The predicted octanol–water partition coefficient (Wildman–Crippen LogP) is 1.36. The minimum Gasteiger partial charge on any atom is -0.493 e. The third-order valence-electron chi connectivity index (χ3n) is 4.43. The SMILES string of the molecule is COc1ccc(C2=NOC(C(O)C(N)=O)C2)cc1OC1CCCC1. The largest absolute Gasteiger partial charge is 0.493 e. The van der Waals surface area contributed by atoms with Crippen LogP contribution in [0.2, 0.25) is 0 Å². The average Bonchev–Trinajstić information content (AvgIpc) is 3.25. The molecule has 0 bridgehead atoms. The number of hydrogen-bond donors (Lipinski definition) is 2. The number of oxime groups is 1. The highest BCUT2D eigenvalue weighted by Crippen LogP contribution is 2.33. The van der Waals surface area contributed by atoms with Crippen molar-refractivity contribution in [3.63, 3.8) is 0 Å². The summed E-state index contributed by atoms with van der Waals surface area (Å²) in [6, 6.07) is 5.53. The van der Waals surface area contributed by atoms with Crippen LogP contribution in [0.15, 0.2) is 23.4 Å². The number of aliphatic hydroxyl groups excluding tert-OH is 1. The van der Waals surface area contributed by atoms with Crippen LogP contribution in [0.25, 0.3) is 0 Å². The van der Waals surface area contributed by atoms with Crippen molar-refractivity contribution in [2.24, 2.45) is 10.9 Å². The maximum absolute atomic E-state index is 11.1. The first-order valence-electron chi connectivity index (χ1n) is 8.13. The quantitative estimate of drug-likeness (QED) is 0.817. The van der Waals surface area contributed by atoms with Crippen molar-refractivity contribution >= 4 is 11.6 Å². The number of ether oxygens (including phenoxy) is 2. The summed E-state index contributed by atoms with van der Waals surface area (Å²) in [5, 5.41) is 13.7.